The van der Waals surface area contributed by atoms with E-state index >= 15 is 0 Å². The Hall–Kier alpha value is -1.81. The van der Waals surface area contributed by atoms with Crippen LogP contribution < -0.4 is 4.74 Å². The van der Waals surface area contributed by atoms with E-state index in [1.165, 1.54) is 18.4 Å². The van der Waals surface area contributed by atoms with Crippen LogP contribution in [0.3, 0.4) is 0 Å². The average Bonchev–Trinajstić information content (AvgIpc) is 3.02. The van der Waals surface area contributed by atoms with Crippen molar-refractivity contribution in [2.24, 2.45) is 0 Å². The summed E-state index contributed by atoms with van der Waals surface area (Å²) < 4.78 is 7.38. The fourth-order valence-corrected chi connectivity index (χ4v) is 2.87. The van der Waals surface area contributed by atoms with Crippen molar-refractivity contribution in [3.05, 3.63) is 48.3 Å². The highest BCUT2D eigenvalue weighted by Gasteiger charge is 2.20. The third-order valence-corrected chi connectivity index (χ3v) is 4.00. The van der Waals surface area contributed by atoms with Crippen molar-refractivity contribution < 1.29 is 4.74 Å². The molecule has 4 heteroatoms. The summed E-state index contributed by atoms with van der Waals surface area (Å²) in [5.74, 6) is 0.939. The van der Waals surface area contributed by atoms with Gasteiger partial charge in [0.15, 0.2) is 0 Å². The quantitative estimate of drug-likeness (QED) is 0.856. The smallest absolute Gasteiger partial charge is 0.119 e. The number of aromatic nitrogens is 2. The third kappa shape index (κ3) is 3.02. The van der Waals surface area contributed by atoms with Gasteiger partial charge in [-0.2, -0.15) is 5.10 Å². The molecule has 2 heterocycles. The Morgan fingerprint density at radius 2 is 2.10 bits per heavy atom. The first-order chi connectivity index (χ1) is 9.85. The summed E-state index contributed by atoms with van der Waals surface area (Å²) >= 11 is 0. The van der Waals surface area contributed by atoms with Crippen LogP contribution in [0.5, 0.6) is 5.75 Å². The van der Waals surface area contributed by atoms with E-state index in [1.54, 1.807) is 7.11 Å². The largest absolute Gasteiger partial charge is 0.497 e. The minimum atomic E-state index is 0.562. The summed E-state index contributed by atoms with van der Waals surface area (Å²) in [5.41, 5.74) is 1.32. The Morgan fingerprint density at radius 1 is 1.25 bits per heavy atom. The molecular formula is C16H21N3O. The molecule has 0 amide bonds. The molecule has 1 aliphatic heterocycles. The monoisotopic (exact) mass is 271 g/mol. The maximum absolute atomic E-state index is 5.28. The van der Waals surface area contributed by atoms with Gasteiger partial charge in [-0.25, -0.2) is 0 Å². The lowest BCUT2D eigenvalue weighted by Crippen LogP contribution is -2.34. The van der Waals surface area contributed by atoms with Crippen molar-refractivity contribution in [1.29, 1.82) is 0 Å². The standard InChI is InChI=1S/C16H21N3O/c1-20-16-5-2-4-14(12-16)13-18-10-6-15(7-11-18)19-9-3-8-17-19/h2-5,8-9,12,15H,6-7,10-11,13H2,1H3. The molecule has 0 saturated carbocycles. The zero-order chi connectivity index (χ0) is 13.8. The first kappa shape index (κ1) is 13.2. The van der Waals surface area contributed by atoms with E-state index in [4.69, 9.17) is 4.74 Å². The highest BCUT2D eigenvalue weighted by atomic mass is 16.5. The summed E-state index contributed by atoms with van der Waals surface area (Å²) in [6.45, 7) is 3.26. The van der Waals surface area contributed by atoms with Crippen LogP contribution in [0, 0.1) is 0 Å². The molecule has 0 radical (unpaired) electrons. The zero-order valence-corrected chi connectivity index (χ0v) is 11.9. The molecule has 1 fully saturated rings. The first-order valence-corrected chi connectivity index (χ1v) is 7.19. The van der Waals surface area contributed by atoms with Gasteiger partial charge in [-0.15, -0.1) is 0 Å². The highest BCUT2D eigenvalue weighted by Crippen LogP contribution is 2.23. The van der Waals surface area contributed by atoms with Gasteiger partial charge in [-0.05, 0) is 36.6 Å². The molecular weight excluding hydrogens is 250 g/mol. The van der Waals surface area contributed by atoms with Gasteiger partial charge in [-0.1, -0.05) is 12.1 Å². The molecule has 0 spiro atoms. The number of methoxy groups -OCH3 is 1. The Balaban J connectivity index is 1.55. The first-order valence-electron chi connectivity index (χ1n) is 7.19. The predicted molar refractivity (Wildman–Crippen MR) is 78.8 cm³/mol. The van der Waals surface area contributed by atoms with Gasteiger partial charge in [-0.3, -0.25) is 9.58 Å². The molecule has 0 N–H and O–H groups in total. The van der Waals surface area contributed by atoms with Gasteiger partial charge in [0, 0.05) is 32.0 Å². The van der Waals surface area contributed by atoms with Crippen LogP contribution in [-0.4, -0.2) is 34.9 Å². The average molecular weight is 271 g/mol. The van der Waals surface area contributed by atoms with Gasteiger partial charge in [0.1, 0.15) is 5.75 Å². The molecule has 4 nitrogen and oxygen atoms in total. The summed E-state index contributed by atoms with van der Waals surface area (Å²) in [6.07, 6.45) is 6.28. The number of rotatable bonds is 4. The molecule has 0 atom stereocenters. The van der Waals surface area contributed by atoms with Crippen LogP contribution >= 0.6 is 0 Å². The molecule has 0 aliphatic carbocycles. The van der Waals surface area contributed by atoms with Gasteiger partial charge >= 0.3 is 0 Å². The van der Waals surface area contributed by atoms with Crippen molar-refractivity contribution in [2.45, 2.75) is 25.4 Å². The number of hydrogen-bond donors (Lipinski definition) is 0. The number of piperidine rings is 1. The van der Waals surface area contributed by atoms with E-state index in [1.807, 2.05) is 18.3 Å². The fraction of sp³-hybridized carbons (Fsp3) is 0.438. The molecule has 20 heavy (non-hydrogen) atoms. The van der Waals surface area contributed by atoms with Gasteiger partial charge in [0.2, 0.25) is 0 Å². The van der Waals surface area contributed by atoms with E-state index in [0.717, 1.165) is 25.4 Å². The molecule has 2 aromatic rings. The Kier molecular flexibility index (Phi) is 4.02. The summed E-state index contributed by atoms with van der Waals surface area (Å²) in [5, 5.41) is 4.35. The van der Waals surface area contributed by atoms with E-state index < -0.39 is 0 Å². The van der Waals surface area contributed by atoms with Gasteiger partial charge in [0.25, 0.3) is 0 Å². The number of benzene rings is 1. The van der Waals surface area contributed by atoms with Crippen LogP contribution in [0.2, 0.25) is 0 Å². The second kappa shape index (κ2) is 6.09. The van der Waals surface area contributed by atoms with Crippen molar-refractivity contribution in [2.75, 3.05) is 20.2 Å². The lowest BCUT2D eigenvalue weighted by Gasteiger charge is -2.32. The zero-order valence-electron chi connectivity index (χ0n) is 11.9. The lowest BCUT2D eigenvalue weighted by atomic mass is 10.0. The van der Waals surface area contributed by atoms with Crippen molar-refractivity contribution in [3.63, 3.8) is 0 Å². The molecule has 0 bridgehead atoms. The minimum Gasteiger partial charge on any atom is -0.497 e. The van der Waals surface area contributed by atoms with Crippen LogP contribution in [-0.2, 0) is 6.54 Å². The van der Waals surface area contributed by atoms with Crippen molar-refractivity contribution in [1.82, 2.24) is 14.7 Å². The highest BCUT2D eigenvalue weighted by molar-refractivity contribution is 5.28. The lowest BCUT2D eigenvalue weighted by molar-refractivity contribution is 0.173. The van der Waals surface area contributed by atoms with Gasteiger partial charge in [0.05, 0.1) is 13.2 Å². The Bertz CT molecular complexity index is 530. The number of likely N-dealkylation sites (tertiary alicyclic amines) is 1. The third-order valence-electron chi connectivity index (χ3n) is 4.00. The molecule has 1 aromatic carbocycles. The number of nitrogens with zero attached hydrogens (tertiary/aromatic N) is 3. The summed E-state index contributed by atoms with van der Waals surface area (Å²) in [6, 6.07) is 10.9. The SMILES string of the molecule is COc1cccc(CN2CCC(n3cccn3)CC2)c1. The fourth-order valence-electron chi connectivity index (χ4n) is 2.87. The van der Waals surface area contributed by atoms with Crippen molar-refractivity contribution >= 4 is 0 Å². The molecule has 106 valence electrons. The summed E-state index contributed by atoms with van der Waals surface area (Å²) in [4.78, 5) is 2.51. The van der Waals surface area contributed by atoms with E-state index in [-0.39, 0.29) is 0 Å². The maximum atomic E-state index is 5.28. The second-order valence-electron chi connectivity index (χ2n) is 5.34. The molecule has 3 rings (SSSR count). The molecule has 1 aliphatic rings. The molecule has 0 unspecified atom stereocenters. The number of hydrogen-bond acceptors (Lipinski definition) is 3. The van der Waals surface area contributed by atoms with Crippen LogP contribution in [0.15, 0.2) is 42.7 Å². The van der Waals surface area contributed by atoms with Crippen LogP contribution in [0.4, 0.5) is 0 Å². The second-order valence-corrected chi connectivity index (χ2v) is 5.34. The maximum Gasteiger partial charge on any atom is 0.119 e. The van der Waals surface area contributed by atoms with Gasteiger partial charge < -0.3 is 4.74 Å². The predicted octanol–water partition coefficient (Wildman–Crippen LogP) is 2.73. The van der Waals surface area contributed by atoms with E-state index in [0.29, 0.717) is 6.04 Å². The Labute approximate surface area is 120 Å². The Morgan fingerprint density at radius 3 is 2.80 bits per heavy atom. The van der Waals surface area contributed by atoms with E-state index in [2.05, 4.69) is 39.1 Å². The summed E-state index contributed by atoms with van der Waals surface area (Å²) in [7, 11) is 1.72. The van der Waals surface area contributed by atoms with Crippen LogP contribution in [0.1, 0.15) is 24.4 Å². The topological polar surface area (TPSA) is 30.3 Å². The minimum absolute atomic E-state index is 0.562. The van der Waals surface area contributed by atoms with Crippen molar-refractivity contribution in [3.8, 4) is 5.75 Å². The molecule has 1 saturated heterocycles. The number of ether oxygens (including phenoxy) is 1. The van der Waals surface area contributed by atoms with Crippen LogP contribution in [0.25, 0.3) is 0 Å². The normalized spacial score (nSPS) is 17.2. The van der Waals surface area contributed by atoms with E-state index in [9.17, 15) is 0 Å². The molecule has 1 aromatic heterocycles.